The van der Waals surface area contributed by atoms with Gasteiger partial charge >= 0.3 is 0 Å². The number of rotatable bonds is 4. The van der Waals surface area contributed by atoms with Crippen LogP contribution in [0.2, 0.25) is 0 Å². The summed E-state index contributed by atoms with van der Waals surface area (Å²) >= 11 is 1.29. The first-order chi connectivity index (χ1) is 10.0. The number of nitrogens with zero attached hydrogens (tertiary/aromatic N) is 1. The quantitative estimate of drug-likeness (QED) is 0.695. The van der Waals surface area contributed by atoms with E-state index in [1.165, 1.54) is 11.3 Å². The summed E-state index contributed by atoms with van der Waals surface area (Å²) in [5.74, 6) is -2.39. The van der Waals surface area contributed by atoms with Gasteiger partial charge in [-0.1, -0.05) is 12.1 Å². The third-order valence-corrected chi connectivity index (χ3v) is 3.94. The predicted octanol–water partition coefficient (Wildman–Crippen LogP) is 3.33. The smallest absolute Gasteiger partial charge is 0.249 e. The molecule has 1 amide bonds. The van der Waals surface area contributed by atoms with Gasteiger partial charge in [-0.25, -0.2) is 0 Å². The van der Waals surface area contributed by atoms with Crippen molar-refractivity contribution in [1.82, 2.24) is 0 Å². The summed E-state index contributed by atoms with van der Waals surface area (Å²) in [6, 6.07) is 12.4. The molecule has 0 fully saturated rings. The largest absolute Gasteiger partial charge is 0.325 e. The lowest BCUT2D eigenvalue weighted by Gasteiger charge is -2.09. The van der Waals surface area contributed by atoms with Crippen LogP contribution in [0.1, 0.15) is 20.1 Å². The molecule has 5 heteroatoms. The minimum Gasteiger partial charge on any atom is -0.325 e. The molecule has 1 atom stereocenters. The Morgan fingerprint density at radius 2 is 2.00 bits per heavy atom. The number of hydrogen-bond donors (Lipinski definition) is 1. The Labute approximate surface area is 127 Å². The van der Waals surface area contributed by atoms with Crippen LogP contribution >= 0.6 is 11.3 Å². The van der Waals surface area contributed by atoms with E-state index in [2.05, 4.69) is 5.32 Å². The Hall–Kier alpha value is -2.45. The number of thiophene rings is 1. The molecule has 0 aliphatic rings. The summed E-state index contributed by atoms with van der Waals surface area (Å²) in [6.45, 7) is 3.77. The van der Waals surface area contributed by atoms with Gasteiger partial charge < -0.3 is 5.32 Å². The molecule has 0 spiro atoms. The fourth-order valence-corrected chi connectivity index (χ4v) is 2.72. The van der Waals surface area contributed by atoms with E-state index in [9.17, 15) is 9.59 Å². The summed E-state index contributed by atoms with van der Waals surface area (Å²) < 4.78 is 0. The second-order valence-corrected chi connectivity index (χ2v) is 5.98. The molecule has 4 nitrogen and oxygen atoms in total. The molecule has 0 aliphatic carbocycles. The zero-order valence-electron chi connectivity index (χ0n) is 11.7. The van der Waals surface area contributed by atoms with Gasteiger partial charge in [-0.2, -0.15) is 5.26 Å². The van der Waals surface area contributed by atoms with Crippen LogP contribution < -0.4 is 5.32 Å². The van der Waals surface area contributed by atoms with Crippen LogP contribution in [0.25, 0.3) is 0 Å². The van der Waals surface area contributed by atoms with Crippen LogP contribution in [0.4, 0.5) is 5.69 Å². The maximum atomic E-state index is 12.2. The highest BCUT2D eigenvalue weighted by Gasteiger charge is 2.28. The monoisotopic (exact) mass is 298 g/mol. The van der Waals surface area contributed by atoms with Crippen molar-refractivity contribution >= 4 is 28.7 Å². The molecule has 21 heavy (non-hydrogen) atoms. The van der Waals surface area contributed by atoms with Crippen molar-refractivity contribution in [3.63, 3.8) is 0 Å². The fourth-order valence-electron chi connectivity index (χ4n) is 1.88. The summed E-state index contributed by atoms with van der Waals surface area (Å²) in [7, 11) is 0. The molecule has 1 heterocycles. The second kappa shape index (κ2) is 6.33. The van der Waals surface area contributed by atoms with Crippen LogP contribution in [-0.4, -0.2) is 11.7 Å². The SMILES string of the molecule is Cc1cccc(NC(=O)[C@@H](C#N)C(=O)c2ccc(C)s2)c1. The van der Waals surface area contributed by atoms with Crippen molar-refractivity contribution in [2.24, 2.45) is 5.92 Å². The zero-order valence-corrected chi connectivity index (χ0v) is 12.5. The van der Waals surface area contributed by atoms with Crippen molar-refractivity contribution in [1.29, 1.82) is 5.26 Å². The minimum atomic E-state index is -1.33. The number of benzene rings is 1. The number of carbonyl (C=O) groups excluding carboxylic acids is 2. The van der Waals surface area contributed by atoms with Gasteiger partial charge in [-0.15, -0.1) is 11.3 Å². The fraction of sp³-hybridized carbons (Fsp3) is 0.188. The number of anilines is 1. The lowest BCUT2D eigenvalue weighted by atomic mass is 10.0. The molecule has 0 saturated carbocycles. The van der Waals surface area contributed by atoms with Crippen molar-refractivity contribution in [2.75, 3.05) is 5.32 Å². The maximum absolute atomic E-state index is 12.2. The van der Waals surface area contributed by atoms with Crippen molar-refractivity contribution in [2.45, 2.75) is 13.8 Å². The highest BCUT2D eigenvalue weighted by molar-refractivity contribution is 7.14. The summed E-state index contributed by atoms with van der Waals surface area (Å²) in [5, 5.41) is 11.8. The van der Waals surface area contributed by atoms with Crippen LogP contribution in [0.15, 0.2) is 36.4 Å². The Morgan fingerprint density at radius 3 is 2.57 bits per heavy atom. The van der Waals surface area contributed by atoms with Gasteiger partial charge in [0.1, 0.15) is 0 Å². The van der Waals surface area contributed by atoms with Crippen LogP contribution in [0.5, 0.6) is 0 Å². The third-order valence-electron chi connectivity index (χ3n) is 2.92. The molecule has 1 N–H and O–H groups in total. The molecule has 2 aromatic rings. The molecule has 0 bridgehead atoms. The zero-order chi connectivity index (χ0) is 15.4. The molecular formula is C16H14N2O2S. The second-order valence-electron chi connectivity index (χ2n) is 4.70. The van der Waals surface area contributed by atoms with E-state index < -0.39 is 17.6 Å². The Bertz CT molecular complexity index is 728. The molecule has 1 aromatic heterocycles. The van der Waals surface area contributed by atoms with E-state index in [1.807, 2.05) is 19.9 Å². The number of Topliss-reactive ketones (excluding diaryl/α,β-unsaturated/α-hetero) is 1. The molecule has 1 aromatic carbocycles. The first-order valence-electron chi connectivity index (χ1n) is 6.39. The molecule has 0 radical (unpaired) electrons. The number of hydrogen-bond acceptors (Lipinski definition) is 4. The summed E-state index contributed by atoms with van der Waals surface area (Å²) in [5.41, 5.74) is 1.57. The van der Waals surface area contributed by atoms with Crippen molar-refractivity contribution < 1.29 is 9.59 Å². The van der Waals surface area contributed by atoms with Crippen LogP contribution in [-0.2, 0) is 4.79 Å². The first kappa shape index (κ1) is 14.9. The Balaban J connectivity index is 2.16. The predicted molar refractivity (Wildman–Crippen MR) is 82.3 cm³/mol. The molecule has 2 rings (SSSR count). The van der Waals surface area contributed by atoms with E-state index in [0.29, 0.717) is 10.6 Å². The number of nitrogens with one attached hydrogen (secondary N) is 1. The number of ketones is 1. The number of nitriles is 1. The van der Waals surface area contributed by atoms with Gasteiger partial charge in [0.25, 0.3) is 0 Å². The van der Waals surface area contributed by atoms with Crippen molar-refractivity contribution in [3.05, 3.63) is 51.7 Å². The van der Waals surface area contributed by atoms with Gasteiger partial charge in [0, 0.05) is 10.6 Å². The summed E-state index contributed by atoms with van der Waals surface area (Å²) in [6.07, 6.45) is 0. The van der Waals surface area contributed by atoms with Crippen LogP contribution in [0, 0.1) is 31.1 Å². The van der Waals surface area contributed by atoms with Gasteiger partial charge in [0.2, 0.25) is 5.91 Å². The first-order valence-corrected chi connectivity index (χ1v) is 7.20. The third kappa shape index (κ3) is 3.56. The number of carbonyl (C=O) groups is 2. The van der Waals surface area contributed by atoms with Gasteiger partial charge in [-0.05, 0) is 43.7 Å². The van der Waals surface area contributed by atoms with Gasteiger partial charge in [0.05, 0.1) is 10.9 Å². The molecule has 0 aliphatic heterocycles. The lowest BCUT2D eigenvalue weighted by molar-refractivity contribution is -0.117. The number of aryl methyl sites for hydroxylation is 2. The van der Waals surface area contributed by atoms with E-state index in [1.54, 1.807) is 36.4 Å². The van der Waals surface area contributed by atoms with E-state index >= 15 is 0 Å². The molecule has 0 unspecified atom stereocenters. The summed E-state index contributed by atoms with van der Waals surface area (Å²) in [4.78, 5) is 25.7. The van der Waals surface area contributed by atoms with E-state index in [0.717, 1.165) is 10.4 Å². The minimum absolute atomic E-state index is 0.429. The van der Waals surface area contributed by atoms with E-state index in [4.69, 9.17) is 5.26 Å². The standard InChI is InChI=1S/C16H14N2O2S/c1-10-4-3-5-12(8-10)18-16(20)13(9-17)15(19)14-7-6-11(2)21-14/h3-8,13H,1-2H3,(H,18,20)/t13-/m0/s1. The van der Waals surface area contributed by atoms with Crippen LogP contribution in [0.3, 0.4) is 0 Å². The topological polar surface area (TPSA) is 70.0 Å². The normalized spacial score (nSPS) is 11.5. The molecule has 0 saturated heterocycles. The highest BCUT2D eigenvalue weighted by atomic mass is 32.1. The lowest BCUT2D eigenvalue weighted by Crippen LogP contribution is -2.28. The van der Waals surface area contributed by atoms with Gasteiger partial charge in [0.15, 0.2) is 11.7 Å². The molecule has 106 valence electrons. The van der Waals surface area contributed by atoms with Gasteiger partial charge in [-0.3, -0.25) is 9.59 Å². The van der Waals surface area contributed by atoms with E-state index in [-0.39, 0.29) is 0 Å². The number of amides is 1. The average Bonchev–Trinajstić information content (AvgIpc) is 2.86. The average molecular weight is 298 g/mol. The maximum Gasteiger partial charge on any atom is 0.249 e. The highest BCUT2D eigenvalue weighted by Crippen LogP contribution is 2.20. The Morgan fingerprint density at radius 1 is 1.24 bits per heavy atom. The Kier molecular flexibility index (Phi) is 4.51. The van der Waals surface area contributed by atoms with Crippen molar-refractivity contribution in [3.8, 4) is 6.07 Å². The molecular weight excluding hydrogens is 284 g/mol.